The second-order valence-corrected chi connectivity index (χ2v) is 9.20. The van der Waals surface area contributed by atoms with Crippen LogP contribution in [0.2, 0.25) is 0 Å². The van der Waals surface area contributed by atoms with Gasteiger partial charge in [-0.1, -0.05) is 29.8 Å². The first-order valence-electron chi connectivity index (χ1n) is 10.7. The second kappa shape index (κ2) is 9.90. The molecule has 0 spiro atoms. The molecule has 0 atom stereocenters. The highest BCUT2D eigenvalue weighted by Crippen LogP contribution is 2.28. The summed E-state index contributed by atoms with van der Waals surface area (Å²) < 4.78 is 33.0. The lowest BCUT2D eigenvalue weighted by Gasteiger charge is -2.13. The number of carbonyl (C=O) groups is 1. The first-order chi connectivity index (χ1) is 16.8. The third-order valence-corrected chi connectivity index (χ3v) is 6.38. The van der Waals surface area contributed by atoms with Gasteiger partial charge in [0.25, 0.3) is 15.9 Å². The Kier molecular flexibility index (Phi) is 6.74. The molecule has 4 rings (SSSR count). The fourth-order valence-corrected chi connectivity index (χ4v) is 4.37. The van der Waals surface area contributed by atoms with E-state index >= 15 is 0 Å². The number of nitrogens with one attached hydrogen (secondary N) is 1. The Morgan fingerprint density at radius 2 is 1.60 bits per heavy atom. The van der Waals surface area contributed by atoms with E-state index in [1.54, 1.807) is 12.1 Å². The average molecular weight is 490 g/mol. The Hall–Kier alpha value is -4.31. The van der Waals surface area contributed by atoms with Gasteiger partial charge in [0.05, 0.1) is 23.6 Å². The number of carbonyl (C=O) groups excluding carboxylic acids is 1. The summed E-state index contributed by atoms with van der Waals surface area (Å²) in [7, 11) is -4.36. The molecule has 0 saturated heterocycles. The van der Waals surface area contributed by atoms with Crippen molar-refractivity contribution in [3.05, 3.63) is 84.2 Å². The molecule has 0 unspecified atom stereocenters. The van der Waals surface area contributed by atoms with Crippen LogP contribution in [0.15, 0.2) is 78.1 Å². The summed E-state index contributed by atoms with van der Waals surface area (Å²) in [5, 5.41) is -0.524. The van der Waals surface area contributed by atoms with E-state index in [0.29, 0.717) is 23.6 Å². The lowest BCUT2D eigenvalue weighted by molar-refractivity contribution is 0.0981. The number of nitrogen functional groups attached to an aromatic ring is 1. The van der Waals surface area contributed by atoms with Crippen LogP contribution in [0.3, 0.4) is 0 Å². The van der Waals surface area contributed by atoms with Crippen molar-refractivity contribution in [3.63, 3.8) is 0 Å². The number of hydrogen-bond acceptors (Lipinski definition) is 8. The first-order valence-corrected chi connectivity index (χ1v) is 12.2. The molecule has 0 radical (unpaired) electrons. The van der Waals surface area contributed by atoms with Gasteiger partial charge in [0, 0.05) is 23.5 Å². The number of anilines is 1. The van der Waals surface area contributed by atoms with Gasteiger partial charge in [0.1, 0.15) is 5.75 Å². The second-order valence-electron chi connectivity index (χ2n) is 7.60. The van der Waals surface area contributed by atoms with Crippen LogP contribution in [0.4, 0.5) is 5.82 Å². The summed E-state index contributed by atoms with van der Waals surface area (Å²) in [5.41, 5.74) is 9.17. The van der Waals surface area contributed by atoms with Gasteiger partial charge in [-0.15, -0.1) is 0 Å². The molecule has 3 N–H and O–H groups in total. The molecule has 35 heavy (non-hydrogen) atoms. The van der Waals surface area contributed by atoms with E-state index in [4.69, 9.17) is 15.5 Å². The van der Waals surface area contributed by atoms with Crippen LogP contribution in [0.1, 0.15) is 22.8 Å². The summed E-state index contributed by atoms with van der Waals surface area (Å²) in [6, 6.07) is 18.0. The van der Waals surface area contributed by atoms with Crippen LogP contribution in [0.5, 0.6) is 5.75 Å². The highest BCUT2D eigenvalue weighted by Gasteiger charge is 2.25. The smallest absolute Gasteiger partial charge is 0.285 e. The number of nitrogens with two attached hydrogens (primary N) is 1. The number of ether oxygens (including phenoxy) is 1. The summed E-state index contributed by atoms with van der Waals surface area (Å²) in [6.45, 7) is 4.41. The Morgan fingerprint density at radius 1 is 0.943 bits per heavy atom. The minimum absolute atomic E-state index is 0.0783. The van der Waals surface area contributed by atoms with Gasteiger partial charge in [-0.2, -0.15) is 8.42 Å². The quantitative estimate of drug-likeness (QED) is 0.402. The van der Waals surface area contributed by atoms with Gasteiger partial charge >= 0.3 is 0 Å². The number of rotatable bonds is 7. The SMILES string of the molecule is CCOc1ccc(-c2ccc(C(=O)NS(=O)(=O)c3nccnc3N)c(-c3ccc(C)cc3)n2)cc1. The predicted octanol–water partition coefficient (Wildman–Crippen LogP) is 3.61. The number of pyridine rings is 1. The molecule has 2 heterocycles. The molecule has 0 bridgehead atoms. The van der Waals surface area contributed by atoms with Crippen molar-refractivity contribution in [2.24, 2.45) is 0 Å². The maximum atomic E-state index is 13.1. The van der Waals surface area contributed by atoms with Crippen LogP contribution < -0.4 is 15.2 Å². The highest BCUT2D eigenvalue weighted by molar-refractivity contribution is 7.90. The van der Waals surface area contributed by atoms with E-state index in [1.165, 1.54) is 12.4 Å². The van der Waals surface area contributed by atoms with Gasteiger partial charge in [0.2, 0.25) is 5.03 Å². The van der Waals surface area contributed by atoms with Crippen LogP contribution >= 0.6 is 0 Å². The summed E-state index contributed by atoms with van der Waals surface area (Å²) in [6.07, 6.45) is 2.44. The molecule has 0 saturated carbocycles. The molecule has 178 valence electrons. The number of aromatic nitrogens is 3. The normalized spacial score (nSPS) is 11.1. The van der Waals surface area contributed by atoms with Crippen LogP contribution in [0.25, 0.3) is 22.5 Å². The van der Waals surface area contributed by atoms with Gasteiger partial charge in [-0.3, -0.25) is 4.79 Å². The molecule has 0 aliphatic carbocycles. The predicted molar refractivity (Wildman–Crippen MR) is 132 cm³/mol. The Balaban J connectivity index is 1.75. The van der Waals surface area contributed by atoms with Gasteiger partial charge in [-0.25, -0.2) is 19.7 Å². The number of aryl methyl sites for hydroxylation is 1. The molecule has 4 aromatic rings. The van der Waals surface area contributed by atoms with Crippen LogP contribution in [-0.4, -0.2) is 35.9 Å². The van der Waals surface area contributed by atoms with Crippen LogP contribution in [-0.2, 0) is 10.0 Å². The zero-order valence-electron chi connectivity index (χ0n) is 19.1. The fraction of sp³-hybridized carbons (Fsp3) is 0.120. The lowest BCUT2D eigenvalue weighted by Crippen LogP contribution is -2.32. The molecular weight excluding hydrogens is 466 g/mol. The highest BCUT2D eigenvalue weighted by atomic mass is 32.2. The number of amides is 1. The van der Waals surface area contributed by atoms with Gasteiger partial charge in [0.15, 0.2) is 5.82 Å². The molecular formula is C25H23N5O4S. The topological polar surface area (TPSA) is 137 Å². The molecule has 2 aromatic heterocycles. The van der Waals surface area contributed by atoms with E-state index in [0.717, 1.165) is 16.9 Å². The van der Waals surface area contributed by atoms with Crippen LogP contribution in [0, 0.1) is 6.92 Å². The Bertz CT molecular complexity index is 1470. The monoisotopic (exact) mass is 489 g/mol. The molecule has 10 heteroatoms. The van der Waals surface area contributed by atoms with Crippen molar-refractivity contribution in [2.45, 2.75) is 18.9 Å². The number of nitrogens with zero attached hydrogens (tertiary/aromatic N) is 3. The lowest BCUT2D eigenvalue weighted by atomic mass is 10.0. The molecule has 0 aliphatic heterocycles. The Labute approximate surface area is 203 Å². The molecule has 9 nitrogen and oxygen atoms in total. The number of hydrogen-bond donors (Lipinski definition) is 2. The van der Waals surface area contributed by atoms with E-state index in [2.05, 4.69) is 9.97 Å². The fourth-order valence-electron chi connectivity index (χ4n) is 3.39. The van der Waals surface area contributed by atoms with Crippen molar-refractivity contribution in [3.8, 4) is 28.3 Å². The largest absolute Gasteiger partial charge is 0.494 e. The third-order valence-electron chi connectivity index (χ3n) is 5.10. The van der Waals surface area contributed by atoms with E-state index in [1.807, 2.05) is 67.1 Å². The van der Waals surface area contributed by atoms with Crippen molar-refractivity contribution < 1.29 is 17.9 Å². The molecule has 0 fully saturated rings. The van der Waals surface area contributed by atoms with E-state index in [-0.39, 0.29) is 11.4 Å². The minimum atomic E-state index is -4.36. The minimum Gasteiger partial charge on any atom is -0.494 e. The zero-order chi connectivity index (χ0) is 25.0. The summed E-state index contributed by atoms with van der Waals surface area (Å²) in [4.78, 5) is 25.3. The number of sulfonamides is 1. The average Bonchev–Trinajstić information content (AvgIpc) is 2.85. The molecule has 1 amide bonds. The third kappa shape index (κ3) is 5.28. The van der Waals surface area contributed by atoms with E-state index in [9.17, 15) is 13.2 Å². The van der Waals surface area contributed by atoms with Crippen molar-refractivity contribution in [1.29, 1.82) is 0 Å². The summed E-state index contributed by atoms with van der Waals surface area (Å²) >= 11 is 0. The number of benzene rings is 2. The maximum absolute atomic E-state index is 13.1. The van der Waals surface area contributed by atoms with Crippen molar-refractivity contribution in [1.82, 2.24) is 19.7 Å². The molecule has 2 aromatic carbocycles. The van der Waals surface area contributed by atoms with Gasteiger partial charge < -0.3 is 10.5 Å². The van der Waals surface area contributed by atoms with Crippen molar-refractivity contribution >= 4 is 21.7 Å². The summed E-state index contributed by atoms with van der Waals surface area (Å²) in [5.74, 6) is -0.439. The maximum Gasteiger partial charge on any atom is 0.285 e. The van der Waals surface area contributed by atoms with Crippen molar-refractivity contribution in [2.75, 3.05) is 12.3 Å². The molecule has 0 aliphatic rings. The van der Waals surface area contributed by atoms with Gasteiger partial charge in [-0.05, 0) is 50.2 Å². The Morgan fingerprint density at radius 3 is 2.26 bits per heavy atom. The van der Waals surface area contributed by atoms with E-state index < -0.39 is 21.0 Å². The zero-order valence-corrected chi connectivity index (χ0v) is 19.9. The first kappa shape index (κ1) is 23.8. The standard InChI is InChI=1S/C25H23N5O4S/c1-3-34-19-10-8-17(9-11-19)21-13-12-20(22(29-21)18-6-4-16(2)5-7-18)24(31)30-35(32,33)25-23(26)27-14-15-28-25/h4-15H,3H2,1-2H3,(H2,26,27)(H,30,31).